The van der Waals surface area contributed by atoms with Crippen LogP contribution in [0.5, 0.6) is 5.75 Å². The zero-order chi connectivity index (χ0) is 22.5. The van der Waals surface area contributed by atoms with Gasteiger partial charge < -0.3 is 15.0 Å². The van der Waals surface area contributed by atoms with Crippen molar-refractivity contribution < 1.29 is 4.74 Å². The first-order valence-corrected chi connectivity index (χ1v) is 12.5. The van der Waals surface area contributed by atoms with E-state index in [1.165, 1.54) is 38.8 Å². The number of hydrogen-bond donors (Lipinski definition) is 1. The van der Waals surface area contributed by atoms with Gasteiger partial charge in [-0.05, 0) is 75.8 Å². The van der Waals surface area contributed by atoms with Crippen LogP contribution in [0.2, 0.25) is 15.1 Å². The maximum absolute atomic E-state index is 6.27. The van der Waals surface area contributed by atoms with Crippen LogP contribution in [-0.2, 0) is 13.2 Å². The van der Waals surface area contributed by atoms with Crippen molar-refractivity contribution in [3.63, 3.8) is 0 Å². The van der Waals surface area contributed by atoms with Gasteiger partial charge in [0.1, 0.15) is 12.4 Å². The van der Waals surface area contributed by atoms with Crippen LogP contribution >= 0.6 is 34.8 Å². The molecule has 0 aliphatic rings. The van der Waals surface area contributed by atoms with Gasteiger partial charge in [-0.15, -0.1) is 0 Å². The molecule has 0 aliphatic heterocycles. The second kappa shape index (κ2) is 15.0. The maximum Gasteiger partial charge on any atom is 0.124 e. The summed E-state index contributed by atoms with van der Waals surface area (Å²) in [4.78, 5) is 2.59. The maximum atomic E-state index is 6.27. The van der Waals surface area contributed by atoms with Crippen LogP contribution in [0.25, 0.3) is 0 Å². The Bertz CT molecular complexity index is 757. The number of ether oxygens (including phenoxy) is 1. The molecule has 0 unspecified atom stereocenters. The molecule has 0 radical (unpaired) electrons. The standard InChI is InChI=1S/C25H35Cl3N2O/c1-3-5-14-30(15-6-4-2)16-8-13-29-18-20-17-21(26)11-12-25(20)31-19-22-23(27)9-7-10-24(22)28/h7,9-12,17,29H,3-6,8,13-16,18-19H2,1-2H3. The van der Waals surface area contributed by atoms with Crippen molar-refractivity contribution in [1.82, 2.24) is 10.2 Å². The predicted molar refractivity (Wildman–Crippen MR) is 135 cm³/mol. The van der Waals surface area contributed by atoms with Crippen molar-refractivity contribution in [2.75, 3.05) is 26.2 Å². The van der Waals surface area contributed by atoms with Crippen molar-refractivity contribution >= 4 is 34.8 Å². The summed E-state index contributed by atoms with van der Waals surface area (Å²) >= 11 is 18.8. The van der Waals surface area contributed by atoms with Gasteiger partial charge in [0.2, 0.25) is 0 Å². The fraction of sp³-hybridized carbons (Fsp3) is 0.520. The number of nitrogens with zero attached hydrogens (tertiary/aromatic N) is 1. The minimum atomic E-state index is 0.316. The SMILES string of the molecule is CCCCN(CCCC)CCCNCc1cc(Cl)ccc1OCc1c(Cl)cccc1Cl. The van der Waals surface area contributed by atoms with Gasteiger partial charge in [-0.3, -0.25) is 0 Å². The molecule has 2 aromatic rings. The highest BCUT2D eigenvalue weighted by atomic mass is 35.5. The van der Waals surface area contributed by atoms with Crippen molar-refractivity contribution in [1.29, 1.82) is 0 Å². The van der Waals surface area contributed by atoms with Crippen LogP contribution in [-0.4, -0.2) is 31.1 Å². The van der Waals surface area contributed by atoms with Crippen molar-refractivity contribution in [3.05, 3.63) is 62.6 Å². The first kappa shape index (κ1) is 26.3. The molecule has 1 N–H and O–H groups in total. The van der Waals surface area contributed by atoms with Gasteiger partial charge in [0.15, 0.2) is 0 Å². The third-order valence-corrected chi connectivity index (χ3v) is 6.20. The second-order valence-corrected chi connectivity index (χ2v) is 9.07. The Morgan fingerprint density at radius 3 is 2.16 bits per heavy atom. The summed E-state index contributed by atoms with van der Waals surface area (Å²) in [7, 11) is 0. The molecule has 31 heavy (non-hydrogen) atoms. The zero-order valence-corrected chi connectivity index (χ0v) is 21.0. The lowest BCUT2D eigenvalue weighted by atomic mass is 10.2. The van der Waals surface area contributed by atoms with E-state index in [1.54, 1.807) is 0 Å². The molecular formula is C25H35Cl3N2O. The van der Waals surface area contributed by atoms with E-state index >= 15 is 0 Å². The number of unbranched alkanes of at least 4 members (excludes halogenated alkanes) is 2. The molecule has 0 aromatic heterocycles. The van der Waals surface area contributed by atoms with Gasteiger partial charge in [-0.2, -0.15) is 0 Å². The quantitative estimate of drug-likeness (QED) is 0.263. The molecule has 0 aliphatic carbocycles. The predicted octanol–water partition coefficient (Wildman–Crippen LogP) is 7.61. The van der Waals surface area contributed by atoms with E-state index in [-0.39, 0.29) is 0 Å². The lowest BCUT2D eigenvalue weighted by Gasteiger charge is -2.22. The second-order valence-electron chi connectivity index (χ2n) is 7.82. The van der Waals surface area contributed by atoms with Gasteiger partial charge >= 0.3 is 0 Å². The van der Waals surface area contributed by atoms with Gasteiger partial charge in [-0.1, -0.05) is 67.6 Å². The molecular weight excluding hydrogens is 451 g/mol. The van der Waals surface area contributed by atoms with E-state index in [0.717, 1.165) is 36.4 Å². The molecule has 0 fully saturated rings. The minimum Gasteiger partial charge on any atom is -0.488 e. The average Bonchev–Trinajstić information content (AvgIpc) is 2.75. The third-order valence-electron chi connectivity index (χ3n) is 5.26. The lowest BCUT2D eigenvalue weighted by molar-refractivity contribution is 0.260. The minimum absolute atomic E-state index is 0.316. The number of hydrogen-bond acceptors (Lipinski definition) is 3. The van der Waals surface area contributed by atoms with Gasteiger partial charge in [0.25, 0.3) is 0 Å². The third kappa shape index (κ3) is 9.59. The topological polar surface area (TPSA) is 24.5 Å². The molecule has 0 saturated carbocycles. The van der Waals surface area contributed by atoms with Crippen molar-refractivity contribution in [2.24, 2.45) is 0 Å². The molecule has 0 heterocycles. The van der Waals surface area contributed by atoms with Gasteiger partial charge in [0, 0.05) is 32.7 Å². The summed E-state index contributed by atoms with van der Waals surface area (Å²) in [5.41, 5.74) is 1.82. The van der Waals surface area contributed by atoms with Crippen molar-refractivity contribution in [2.45, 2.75) is 59.1 Å². The Hall–Kier alpha value is -0.970. The van der Waals surface area contributed by atoms with Crippen LogP contribution in [0.3, 0.4) is 0 Å². The molecule has 6 heteroatoms. The first-order chi connectivity index (χ1) is 15.0. The monoisotopic (exact) mass is 484 g/mol. The first-order valence-electron chi connectivity index (χ1n) is 11.3. The fourth-order valence-corrected chi connectivity index (χ4v) is 4.10. The molecule has 172 valence electrons. The van der Waals surface area contributed by atoms with Crippen LogP contribution in [0.1, 0.15) is 57.1 Å². The van der Waals surface area contributed by atoms with Gasteiger partial charge in [-0.25, -0.2) is 0 Å². The van der Waals surface area contributed by atoms with E-state index < -0.39 is 0 Å². The molecule has 0 bridgehead atoms. The van der Waals surface area contributed by atoms with Crippen LogP contribution in [0.15, 0.2) is 36.4 Å². The Kier molecular flexibility index (Phi) is 12.7. The highest BCUT2D eigenvalue weighted by molar-refractivity contribution is 6.36. The normalized spacial score (nSPS) is 11.3. The van der Waals surface area contributed by atoms with E-state index in [0.29, 0.717) is 28.2 Å². The van der Waals surface area contributed by atoms with E-state index in [9.17, 15) is 0 Å². The molecule has 0 saturated heterocycles. The van der Waals surface area contributed by atoms with Crippen LogP contribution in [0.4, 0.5) is 0 Å². The highest BCUT2D eigenvalue weighted by Crippen LogP contribution is 2.28. The summed E-state index contributed by atoms with van der Waals surface area (Å²) in [6, 6.07) is 11.2. The highest BCUT2D eigenvalue weighted by Gasteiger charge is 2.10. The molecule has 0 amide bonds. The fourth-order valence-electron chi connectivity index (χ4n) is 3.40. The Labute approximate surface area is 203 Å². The molecule has 2 rings (SSSR count). The molecule has 3 nitrogen and oxygen atoms in total. The number of nitrogens with one attached hydrogen (secondary N) is 1. The number of rotatable bonds is 15. The smallest absolute Gasteiger partial charge is 0.124 e. The summed E-state index contributed by atoms with van der Waals surface area (Å²) in [6.45, 7) is 10.0. The largest absolute Gasteiger partial charge is 0.488 e. The van der Waals surface area contributed by atoms with E-state index in [2.05, 4.69) is 24.1 Å². The van der Waals surface area contributed by atoms with Crippen molar-refractivity contribution in [3.8, 4) is 5.75 Å². The molecule has 0 atom stereocenters. The average molecular weight is 486 g/mol. The summed E-state index contributed by atoms with van der Waals surface area (Å²) in [5, 5.41) is 5.46. The molecule has 0 spiro atoms. The lowest BCUT2D eigenvalue weighted by Crippen LogP contribution is -2.29. The number of benzene rings is 2. The van der Waals surface area contributed by atoms with Crippen LogP contribution in [0, 0.1) is 0 Å². The Morgan fingerprint density at radius 2 is 1.52 bits per heavy atom. The summed E-state index contributed by atoms with van der Waals surface area (Å²) in [5.74, 6) is 0.792. The summed E-state index contributed by atoms with van der Waals surface area (Å²) < 4.78 is 6.05. The Morgan fingerprint density at radius 1 is 0.871 bits per heavy atom. The van der Waals surface area contributed by atoms with Crippen LogP contribution < -0.4 is 10.1 Å². The molecule has 2 aromatic carbocycles. The zero-order valence-electron chi connectivity index (χ0n) is 18.7. The van der Waals surface area contributed by atoms with E-state index in [4.69, 9.17) is 39.5 Å². The Balaban J connectivity index is 1.85. The number of halogens is 3. The summed E-state index contributed by atoms with van der Waals surface area (Å²) in [6.07, 6.45) is 6.17. The van der Waals surface area contributed by atoms with Gasteiger partial charge in [0.05, 0.1) is 0 Å². The van der Waals surface area contributed by atoms with E-state index in [1.807, 2.05) is 36.4 Å².